The molecule has 0 bridgehead atoms. The first-order valence-electron chi connectivity index (χ1n) is 11.8. The van der Waals surface area contributed by atoms with Gasteiger partial charge in [-0.3, -0.25) is 4.79 Å². The molecule has 0 atom stereocenters. The summed E-state index contributed by atoms with van der Waals surface area (Å²) >= 11 is 0. The second-order valence-corrected chi connectivity index (χ2v) is 10.7. The van der Waals surface area contributed by atoms with E-state index in [2.05, 4.69) is 0 Å². The number of piperidine rings is 1. The molecule has 2 aliphatic heterocycles. The van der Waals surface area contributed by atoms with Crippen molar-refractivity contribution in [3.63, 3.8) is 0 Å². The van der Waals surface area contributed by atoms with Crippen LogP contribution >= 0.6 is 0 Å². The summed E-state index contributed by atoms with van der Waals surface area (Å²) in [6, 6.07) is 11.6. The van der Waals surface area contributed by atoms with Crippen LogP contribution < -0.4 is 9.64 Å². The lowest BCUT2D eigenvalue weighted by Gasteiger charge is -2.36. The molecule has 184 valence electrons. The molecule has 2 heterocycles. The number of aryl methyl sites for hydroxylation is 1. The molecule has 7 nitrogen and oxygen atoms in total. The Morgan fingerprint density at radius 2 is 1.68 bits per heavy atom. The summed E-state index contributed by atoms with van der Waals surface area (Å²) in [6.45, 7) is 3.27. The van der Waals surface area contributed by atoms with Gasteiger partial charge in [0.15, 0.2) is 0 Å². The number of hydrogen-bond acceptors (Lipinski definition) is 5. The summed E-state index contributed by atoms with van der Waals surface area (Å²) in [5.41, 5.74) is 1.27. The van der Waals surface area contributed by atoms with Crippen molar-refractivity contribution in [1.29, 1.82) is 0 Å². The number of nitrogens with zero attached hydrogens (tertiary/aromatic N) is 3. The molecule has 1 amide bonds. The number of hydrogen-bond donors (Lipinski definition) is 0. The van der Waals surface area contributed by atoms with E-state index in [9.17, 15) is 17.6 Å². The number of rotatable bonds is 7. The molecule has 34 heavy (non-hydrogen) atoms. The SMILES string of the molecule is COc1ccc(S(=O)(=O)N2CCCCC2)cc1CCC(=O)N1CCN(c2ccccc2F)CC1. The van der Waals surface area contributed by atoms with Gasteiger partial charge < -0.3 is 14.5 Å². The number of ether oxygens (including phenoxy) is 1. The fourth-order valence-corrected chi connectivity index (χ4v) is 6.24. The van der Waals surface area contributed by atoms with E-state index < -0.39 is 10.0 Å². The van der Waals surface area contributed by atoms with Crippen molar-refractivity contribution in [2.75, 3.05) is 51.3 Å². The van der Waals surface area contributed by atoms with Gasteiger partial charge in [0.1, 0.15) is 11.6 Å². The standard InChI is InChI=1S/C25H32FN3O4S/c1-33-24-11-10-21(34(31,32)29-13-5-2-6-14-29)19-20(24)9-12-25(30)28-17-15-27(16-18-28)23-8-4-3-7-22(23)26/h3-4,7-8,10-11,19H,2,5-6,9,12-18H2,1H3. The second kappa shape index (κ2) is 10.7. The van der Waals surface area contributed by atoms with Gasteiger partial charge in [0.05, 0.1) is 17.7 Å². The molecule has 0 unspecified atom stereocenters. The van der Waals surface area contributed by atoms with Gasteiger partial charge in [-0.2, -0.15) is 4.31 Å². The van der Waals surface area contributed by atoms with Crippen LogP contribution in [0.3, 0.4) is 0 Å². The third-order valence-electron chi connectivity index (χ3n) is 6.64. The maximum atomic E-state index is 14.1. The second-order valence-electron chi connectivity index (χ2n) is 8.76. The minimum Gasteiger partial charge on any atom is -0.496 e. The zero-order chi connectivity index (χ0) is 24.1. The largest absolute Gasteiger partial charge is 0.496 e. The lowest BCUT2D eigenvalue weighted by Crippen LogP contribution is -2.49. The number of para-hydroxylation sites is 1. The van der Waals surface area contributed by atoms with Gasteiger partial charge in [-0.05, 0) is 55.2 Å². The van der Waals surface area contributed by atoms with Crippen molar-refractivity contribution in [2.24, 2.45) is 0 Å². The highest BCUT2D eigenvalue weighted by molar-refractivity contribution is 7.89. The lowest BCUT2D eigenvalue weighted by molar-refractivity contribution is -0.131. The topological polar surface area (TPSA) is 70.2 Å². The summed E-state index contributed by atoms with van der Waals surface area (Å²) in [6.07, 6.45) is 3.44. The predicted octanol–water partition coefficient (Wildman–Crippen LogP) is 3.29. The lowest BCUT2D eigenvalue weighted by atomic mass is 10.1. The van der Waals surface area contributed by atoms with E-state index in [4.69, 9.17) is 4.74 Å². The third-order valence-corrected chi connectivity index (χ3v) is 8.53. The molecule has 2 aromatic rings. The van der Waals surface area contributed by atoms with Gasteiger partial charge in [0.2, 0.25) is 15.9 Å². The van der Waals surface area contributed by atoms with Crippen LogP contribution in [0.2, 0.25) is 0 Å². The average Bonchev–Trinajstić information content (AvgIpc) is 2.88. The van der Waals surface area contributed by atoms with Crippen molar-refractivity contribution in [1.82, 2.24) is 9.21 Å². The minimum atomic E-state index is -3.56. The molecule has 0 radical (unpaired) electrons. The fourth-order valence-electron chi connectivity index (χ4n) is 4.67. The Labute approximate surface area is 201 Å². The van der Waals surface area contributed by atoms with E-state index >= 15 is 0 Å². The number of amides is 1. The number of methoxy groups -OCH3 is 1. The van der Waals surface area contributed by atoms with E-state index in [1.807, 2.05) is 11.0 Å². The van der Waals surface area contributed by atoms with Crippen molar-refractivity contribution in [2.45, 2.75) is 37.0 Å². The van der Waals surface area contributed by atoms with Crippen LogP contribution in [0, 0.1) is 5.82 Å². The fraction of sp³-hybridized carbons (Fsp3) is 0.480. The monoisotopic (exact) mass is 489 g/mol. The van der Waals surface area contributed by atoms with E-state index in [-0.39, 0.29) is 23.0 Å². The van der Waals surface area contributed by atoms with Gasteiger partial charge in [0.25, 0.3) is 0 Å². The third kappa shape index (κ3) is 5.36. The van der Waals surface area contributed by atoms with Crippen LogP contribution in [0.1, 0.15) is 31.2 Å². The van der Waals surface area contributed by atoms with Crippen LogP contribution in [-0.2, 0) is 21.2 Å². The Kier molecular flexibility index (Phi) is 7.73. The molecule has 4 rings (SSSR count). The van der Waals surface area contributed by atoms with Crippen LogP contribution in [-0.4, -0.2) is 69.9 Å². The molecular weight excluding hydrogens is 457 g/mol. The van der Waals surface area contributed by atoms with Gasteiger partial charge >= 0.3 is 0 Å². The smallest absolute Gasteiger partial charge is 0.243 e. The van der Waals surface area contributed by atoms with Crippen molar-refractivity contribution >= 4 is 21.6 Å². The maximum Gasteiger partial charge on any atom is 0.243 e. The van der Waals surface area contributed by atoms with Gasteiger partial charge in [0, 0.05) is 45.7 Å². The number of carbonyl (C=O) groups is 1. The molecular formula is C25H32FN3O4S. The Morgan fingerprint density at radius 1 is 0.971 bits per heavy atom. The van der Waals surface area contributed by atoms with E-state index in [0.29, 0.717) is 62.7 Å². The van der Waals surface area contributed by atoms with Crippen molar-refractivity contribution in [3.05, 3.63) is 53.8 Å². The van der Waals surface area contributed by atoms with Gasteiger partial charge in [-0.25, -0.2) is 12.8 Å². The average molecular weight is 490 g/mol. The molecule has 0 spiro atoms. The Hall–Kier alpha value is -2.65. The van der Waals surface area contributed by atoms with Gasteiger partial charge in [-0.1, -0.05) is 18.6 Å². The van der Waals surface area contributed by atoms with E-state index in [1.54, 1.807) is 46.6 Å². The Bertz CT molecular complexity index is 1110. The van der Waals surface area contributed by atoms with Crippen LogP contribution in [0.4, 0.5) is 10.1 Å². The summed E-state index contributed by atoms with van der Waals surface area (Å²) in [7, 11) is -2.02. The van der Waals surface area contributed by atoms with Crippen molar-refractivity contribution in [3.8, 4) is 5.75 Å². The Morgan fingerprint density at radius 3 is 2.35 bits per heavy atom. The number of carbonyl (C=O) groups excluding carboxylic acids is 1. The number of halogens is 1. The van der Waals surface area contributed by atoms with Crippen LogP contribution in [0.25, 0.3) is 0 Å². The molecule has 2 aliphatic rings. The highest BCUT2D eigenvalue weighted by Crippen LogP contribution is 2.27. The highest BCUT2D eigenvalue weighted by atomic mass is 32.2. The first kappa shape index (κ1) is 24.5. The molecule has 0 aromatic heterocycles. The first-order valence-corrected chi connectivity index (χ1v) is 13.3. The summed E-state index contributed by atoms with van der Waals surface area (Å²) < 4.78 is 47.2. The number of piperazine rings is 1. The van der Waals surface area contributed by atoms with Crippen LogP contribution in [0.5, 0.6) is 5.75 Å². The number of anilines is 1. The molecule has 0 aliphatic carbocycles. The van der Waals surface area contributed by atoms with Gasteiger partial charge in [-0.15, -0.1) is 0 Å². The highest BCUT2D eigenvalue weighted by Gasteiger charge is 2.27. The van der Waals surface area contributed by atoms with E-state index in [1.165, 1.54) is 6.07 Å². The molecule has 2 aromatic carbocycles. The molecule has 0 N–H and O–H groups in total. The molecule has 0 saturated carbocycles. The summed E-state index contributed by atoms with van der Waals surface area (Å²) in [5, 5.41) is 0. The minimum absolute atomic E-state index is 0.000438. The zero-order valence-corrected chi connectivity index (χ0v) is 20.4. The summed E-state index contributed by atoms with van der Waals surface area (Å²) in [4.78, 5) is 16.9. The van der Waals surface area contributed by atoms with Crippen LogP contribution in [0.15, 0.2) is 47.4 Å². The maximum absolute atomic E-state index is 14.1. The number of benzene rings is 2. The van der Waals surface area contributed by atoms with Crippen molar-refractivity contribution < 1.29 is 22.3 Å². The molecule has 2 saturated heterocycles. The normalized spacial score (nSPS) is 17.6. The quantitative estimate of drug-likeness (QED) is 0.597. The first-order chi connectivity index (χ1) is 16.4. The Balaban J connectivity index is 1.38. The molecule has 9 heteroatoms. The number of sulfonamides is 1. The molecule has 2 fully saturated rings. The van der Waals surface area contributed by atoms with E-state index in [0.717, 1.165) is 19.3 Å². The zero-order valence-electron chi connectivity index (χ0n) is 19.6. The predicted molar refractivity (Wildman–Crippen MR) is 129 cm³/mol. The summed E-state index contributed by atoms with van der Waals surface area (Å²) in [5.74, 6) is 0.322.